The number of aromatic amines is 1. The Hall–Kier alpha value is -1.83. The predicted molar refractivity (Wildman–Crippen MR) is 63.4 cm³/mol. The van der Waals surface area contributed by atoms with Crippen LogP contribution in [0.1, 0.15) is 22.4 Å². The highest BCUT2D eigenvalue weighted by Crippen LogP contribution is 2.16. The van der Waals surface area contributed by atoms with Crippen molar-refractivity contribution in [2.75, 3.05) is 0 Å². The lowest BCUT2D eigenvalue weighted by Crippen LogP contribution is -1.84. The monoisotopic (exact) mass is 198 g/mol. The molecular weight excluding hydrogens is 184 g/mol. The molecule has 15 heavy (non-hydrogen) atoms. The van der Waals surface area contributed by atoms with E-state index in [4.69, 9.17) is 0 Å². The van der Waals surface area contributed by atoms with E-state index in [0.717, 1.165) is 5.69 Å². The van der Waals surface area contributed by atoms with Crippen LogP contribution in [0.25, 0.3) is 12.2 Å². The SMILES string of the molecule is Cc1cccc(C)c1C=Cc1cnc[nH]1. The lowest BCUT2D eigenvalue weighted by Gasteiger charge is -2.03. The van der Waals surface area contributed by atoms with Crippen molar-refractivity contribution < 1.29 is 0 Å². The van der Waals surface area contributed by atoms with E-state index in [1.807, 2.05) is 12.3 Å². The second-order valence-corrected chi connectivity index (χ2v) is 3.65. The second-order valence-electron chi connectivity index (χ2n) is 3.65. The first-order chi connectivity index (χ1) is 7.27. The zero-order valence-electron chi connectivity index (χ0n) is 8.99. The molecule has 0 saturated heterocycles. The van der Waals surface area contributed by atoms with Gasteiger partial charge in [-0.25, -0.2) is 4.98 Å². The minimum absolute atomic E-state index is 1.03. The van der Waals surface area contributed by atoms with E-state index in [0.29, 0.717) is 0 Å². The fraction of sp³-hybridized carbons (Fsp3) is 0.154. The first-order valence-corrected chi connectivity index (χ1v) is 5.00. The molecule has 0 unspecified atom stereocenters. The van der Waals surface area contributed by atoms with Crippen LogP contribution in [0.5, 0.6) is 0 Å². The molecule has 0 aliphatic rings. The second kappa shape index (κ2) is 4.13. The minimum atomic E-state index is 1.03. The van der Waals surface area contributed by atoms with Gasteiger partial charge in [0.25, 0.3) is 0 Å². The number of nitrogens with zero attached hydrogens (tertiary/aromatic N) is 1. The van der Waals surface area contributed by atoms with E-state index in [2.05, 4.69) is 48.1 Å². The van der Waals surface area contributed by atoms with Crippen LogP contribution in [-0.4, -0.2) is 9.97 Å². The fourth-order valence-corrected chi connectivity index (χ4v) is 1.62. The molecule has 1 heterocycles. The third kappa shape index (κ3) is 2.15. The smallest absolute Gasteiger partial charge is 0.0924 e. The van der Waals surface area contributed by atoms with Crippen LogP contribution in [-0.2, 0) is 0 Å². The van der Waals surface area contributed by atoms with Crippen LogP contribution in [0, 0.1) is 13.8 Å². The summed E-state index contributed by atoms with van der Waals surface area (Å²) in [5.41, 5.74) is 4.90. The molecule has 0 bridgehead atoms. The van der Waals surface area contributed by atoms with Gasteiger partial charge in [-0.2, -0.15) is 0 Å². The zero-order chi connectivity index (χ0) is 10.7. The Morgan fingerprint density at radius 1 is 1.13 bits per heavy atom. The van der Waals surface area contributed by atoms with E-state index >= 15 is 0 Å². The molecule has 0 aliphatic carbocycles. The Labute approximate surface area is 89.7 Å². The Balaban J connectivity index is 2.32. The average molecular weight is 198 g/mol. The van der Waals surface area contributed by atoms with Gasteiger partial charge in [0.05, 0.1) is 18.2 Å². The minimum Gasteiger partial charge on any atom is -0.345 e. The maximum Gasteiger partial charge on any atom is 0.0924 e. The third-order valence-electron chi connectivity index (χ3n) is 2.49. The van der Waals surface area contributed by atoms with E-state index in [-0.39, 0.29) is 0 Å². The fourth-order valence-electron chi connectivity index (χ4n) is 1.62. The maximum absolute atomic E-state index is 3.97. The number of nitrogens with one attached hydrogen (secondary N) is 1. The van der Waals surface area contributed by atoms with Gasteiger partial charge in [0.1, 0.15) is 0 Å². The molecule has 0 atom stereocenters. The quantitative estimate of drug-likeness (QED) is 0.788. The van der Waals surface area contributed by atoms with Gasteiger partial charge in [0.2, 0.25) is 0 Å². The van der Waals surface area contributed by atoms with E-state index in [9.17, 15) is 0 Å². The first kappa shape index (κ1) is 9.71. The van der Waals surface area contributed by atoms with Crippen molar-refractivity contribution in [1.29, 1.82) is 0 Å². The van der Waals surface area contributed by atoms with Gasteiger partial charge in [-0.3, -0.25) is 0 Å². The number of rotatable bonds is 2. The van der Waals surface area contributed by atoms with Crippen molar-refractivity contribution in [3.05, 3.63) is 53.1 Å². The number of aromatic nitrogens is 2. The molecule has 0 spiro atoms. The highest BCUT2D eigenvalue weighted by molar-refractivity contribution is 5.71. The molecule has 1 aromatic carbocycles. The molecule has 0 saturated carbocycles. The molecule has 2 heteroatoms. The van der Waals surface area contributed by atoms with Gasteiger partial charge >= 0.3 is 0 Å². The highest BCUT2D eigenvalue weighted by atomic mass is 14.8. The molecular formula is C13H14N2. The van der Waals surface area contributed by atoms with Crippen molar-refractivity contribution >= 4 is 12.2 Å². The van der Waals surface area contributed by atoms with Gasteiger partial charge < -0.3 is 4.98 Å². The molecule has 2 rings (SSSR count). The van der Waals surface area contributed by atoms with Gasteiger partial charge in [0, 0.05) is 0 Å². The molecule has 1 aromatic heterocycles. The normalized spacial score (nSPS) is 11.1. The lowest BCUT2D eigenvalue weighted by molar-refractivity contribution is 1.31. The van der Waals surface area contributed by atoms with Gasteiger partial charge in [-0.05, 0) is 36.6 Å². The summed E-state index contributed by atoms with van der Waals surface area (Å²) < 4.78 is 0. The van der Waals surface area contributed by atoms with Crippen LogP contribution in [0.15, 0.2) is 30.7 Å². The topological polar surface area (TPSA) is 28.7 Å². The van der Waals surface area contributed by atoms with Crippen molar-refractivity contribution in [3.8, 4) is 0 Å². The number of aryl methyl sites for hydroxylation is 2. The molecule has 0 aliphatic heterocycles. The standard InChI is InChI=1S/C13H14N2/c1-10-4-3-5-11(2)13(10)7-6-12-8-14-9-15-12/h3-9H,1-2H3,(H,14,15). The molecule has 1 N–H and O–H groups in total. The number of benzene rings is 1. The largest absolute Gasteiger partial charge is 0.345 e. The van der Waals surface area contributed by atoms with Crippen LogP contribution in [0.3, 0.4) is 0 Å². The summed E-state index contributed by atoms with van der Waals surface area (Å²) in [6.45, 7) is 4.25. The van der Waals surface area contributed by atoms with E-state index < -0.39 is 0 Å². The number of H-pyrrole nitrogens is 1. The zero-order valence-corrected chi connectivity index (χ0v) is 8.99. The first-order valence-electron chi connectivity index (χ1n) is 5.00. The van der Waals surface area contributed by atoms with Crippen molar-refractivity contribution in [3.63, 3.8) is 0 Å². The summed E-state index contributed by atoms with van der Waals surface area (Å²) in [7, 11) is 0. The number of imidazole rings is 1. The average Bonchev–Trinajstić information content (AvgIpc) is 2.70. The maximum atomic E-state index is 3.97. The van der Waals surface area contributed by atoms with Crippen LogP contribution >= 0.6 is 0 Å². The Morgan fingerprint density at radius 2 is 1.87 bits per heavy atom. The molecule has 76 valence electrons. The summed E-state index contributed by atoms with van der Waals surface area (Å²) in [6.07, 6.45) is 7.66. The Morgan fingerprint density at radius 3 is 2.47 bits per heavy atom. The van der Waals surface area contributed by atoms with Crippen LogP contribution in [0.2, 0.25) is 0 Å². The summed E-state index contributed by atoms with van der Waals surface area (Å²) >= 11 is 0. The Kier molecular flexibility index (Phi) is 2.68. The van der Waals surface area contributed by atoms with Gasteiger partial charge in [0.15, 0.2) is 0 Å². The summed E-state index contributed by atoms with van der Waals surface area (Å²) in [5.74, 6) is 0. The summed E-state index contributed by atoms with van der Waals surface area (Å²) in [4.78, 5) is 7.02. The Bertz CT molecular complexity index is 447. The van der Waals surface area contributed by atoms with Gasteiger partial charge in [-0.15, -0.1) is 0 Å². The summed E-state index contributed by atoms with van der Waals surface area (Å²) in [5, 5.41) is 0. The molecule has 0 amide bonds. The van der Waals surface area contributed by atoms with Crippen LogP contribution in [0.4, 0.5) is 0 Å². The predicted octanol–water partition coefficient (Wildman–Crippen LogP) is 3.20. The third-order valence-corrected chi connectivity index (χ3v) is 2.49. The molecule has 0 radical (unpaired) electrons. The number of hydrogen-bond acceptors (Lipinski definition) is 1. The molecule has 2 nitrogen and oxygen atoms in total. The number of hydrogen-bond donors (Lipinski definition) is 1. The van der Waals surface area contributed by atoms with Crippen molar-refractivity contribution in [1.82, 2.24) is 9.97 Å². The van der Waals surface area contributed by atoms with Crippen molar-refractivity contribution in [2.24, 2.45) is 0 Å². The summed E-state index contributed by atoms with van der Waals surface area (Å²) in [6, 6.07) is 6.33. The van der Waals surface area contributed by atoms with Gasteiger partial charge in [-0.1, -0.05) is 24.3 Å². The van der Waals surface area contributed by atoms with E-state index in [1.165, 1.54) is 16.7 Å². The highest BCUT2D eigenvalue weighted by Gasteiger charge is 1.97. The lowest BCUT2D eigenvalue weighted by atomic mass is 10.0. The molecule has 2 aromatic rings. The van der Waals surface area contributed by atoms with Crippen LogP contribution < -0.4 is 0 Å². The molecule has 0 fully saturated rings. The van der Waals surface area contributed by atoms with Crippen molar-refractivity contribution in [2.45, 2.75) is 13.8 Å². The van der Waals surface area contributed by atoms with E-state index in [1.54, 1.807) is 6.33 Å².